The van der Waals surface area contributed by atoms with E-state index in [1.165, 1.54) is 22.0 Å². The van der Waals surface area contributed by atoms with Gasteiger partial charge in [-0.3, -0.25) is 4.98 Å². The van der Waals surface area contributed by atoms with Crippen molar-refractivity contribution in [1.82, 2.24) is 14.5 Å². The molecule has 0 fully saturated rings. The first-order valence-corrected chi connectivity index (χ1v) is 10.2. The van der Waals surface area contributed by atoms with E-state index in [1.807, 2.05) is 0 Å². The second-order valence-corrected chi connectivity index (χ2v) is 9.90. The van der Waals surface area contributed by atoms with Crippen LogP contribution in [0.2, 0.25) is 0 Å². The van der Waals surface area contributed by atoms with Gasteiger partial charge >= 0.3 is 0 Å². The molecule has 0 spiro atoms. The molecule has 4 heteroatoms. The van der Waals surface area contributed by atoms with Gasteiger partial charge in [0.1, 0.15) is 0 Å². The zero-order valence-electron chi connectivity index (χ0n) is 15.9. The quantitative estimate of drug-likeness (QED) is 0.619. The maximum Gasteiger partial charge on any atom is 0.0590 e. The minimum atomic E-state index is 0.0463. The zero-order chi connectivity index (χ0) is 18.1. The molecule has 2 aliphatic rings. The molecule has 0 radical (unpaired) electrons. The normalized spacial score (nSPS) is 25.5. The van der Waals surface area contributed by atoms with Crippen LogP contribution in [0.1, 0.15) is 40.3 Å². The van der Waals surface area contributed by atoms with E-state index in [4.69, 9.17) is 0 Å². The Labute approximate surface area is 159 Å². The molecule has 0 amide bonds. The SMILES string of the molecule is Cc1ccc2c(c1)c1c3n2CC(C)(c2ccc(C)nc2)SC3CN(C)C1. The Morgan fingerprint density at radius 1 is 1.19 bits per heavy atom. The van der Waals surface area contributed by atoms with Crippen LogP contribution in [0, 0.1) is 13.8 Å². The smallest absolute Gasteiger partial charge is 0.0590 e. The van der Waals surface area contributed by atoms with Gasteiger partial charge in [0.05, 0.1) is 10.00 Å². The predicted molar refractivity (Wildman–Crippen MR) is 110 cm³/mol. The summed E-state index contributed by atoms with van der Waals surface area (Å²) in [7, 11) is 2.25. The molecule has 0 saturated carbocycles. The topological polar surface area (TPSA) is 21.1 Å². The summed E-state index contributed by atoms with van der Waals surface area (Å²) in [5.41, 5.74) is 8.26. The predicted octanol–water partition coefficient (Wildman–Crippen LogP) is 4.80. The maximum atomic E-state index is 4.58. The Bertz CT molecular complexity index is 1000. The Morgan fingerprint density at radius 2 is 2.04 bits per heavy atom. The molecule has 2 aromatic heterocycles. The van der Waals surface area contributed by atoms with Crippen LogP contribution in [-0.2, 0) is 17.8 Å². The van der Waals surface area contributed by atoms with Crippen LogP contribution < -0.4 is 0 Å². The van der Waals surface area contributed by atoms with E-state index < -0.39 is 0 Å². The average Bonchev–Trinajstić information content (AvgIpc) is 2.89. The van der Waals surface area contributed by atoms with Crippen LogP contribution in [0.4, 0.5) is 0 Å². The fourth-order valence-electron chi connectivity index (χ4n) is 4.65. The molecule has 3 aromatic rings. The number of nitrogens with zero attached hydrogens (tertiary/aromatic N) is 3. The highest BCUT2D eigenvalue weighted by Gasteiger charge is 2.42. The second-order valence-electron chi connectivity index (χ2n) is 8.19. The first kappa shape index (κ1) is 16.4. The molecule has 0 saturated heterocycles. The van der Waals surface area contributed by atoms with E-state index in [2.05, 4.69) is 90.6 Å². The number of aromatic nitrogens is 2. The van der Waals surface area contributed by atoms with Gasteiger partial charge in [-0.25, -0.2) is 0 Å². The van der Waals surface area contributed by atoms with Crippen LogP contribution >= 0.6 is 11.8 Å². The minimum Gasteiger partial charge on any atom is -0.341 e. The number of hydrogen-bond donors (Lipinski definition) is 0. The van der Waals surface area contributed by atoms with Gasteiger partial charge in [0.15, 0.2) is 0 Å². The van der Waals surface area contributed by atoms with Crippen molar-refractivity contribution in [2.75, 3.05) is 13.6 Å². The molecule has 0 bridgehead atoms. The van der Waals surface area contributed by atoms with Gasteiger partial charge in [-0.2, -0.15) is 0 Å². The zero-order valence-corrected chi connectivity index (χ0v) is 16.7. The van der Waals surface area contributed by atoms with Crippen molar-refractivity contribution in [2.45, 2.75) is 43.9 Å². The molecule has 0 aliphatic carbocycles. The third-order valence-corrected chi connectivity index (χ3v) is 7.50. The van der Waals surface area contributed by atoms with Gasteiger partial charge in [0, 0.05) is 48.1 Å². The van der Waals surface area contributed by atoms with Crippen molar-refractivity contribution in [3.8, 4) is 0 Å². The fraction of sp³-hybridized carbons (Fsp3) is 0.409. The minimum absolute atomic E-state index is 0.0463. The van der Waals surface area contributed by atoms with Crippen molar-refractivity contribution in [1.29, 1.82) is 0 Å². The molecule has 4 heterocycles. The van der Waals surface area contributed by atoms with Gasteiger partial charge < -0.3 is 9.47 Å². The summed E-state index contributed by atoms with van der Waals surface area (Å²) in [6.07, 6.45) is 2.08. The van der Waals surface area contributed by atoms with Crippen LogP contribution in [0.5, 0.6) is 0 Å². The molecule has 0 N–H and O–H groups in total. The summed E-state index contributed by atoms with van der Waals surface area (Å²) in [6.45, 7) is 9.83. The van der Waals surface area contributed by atoms with Crippen molar-refractivity contribution < 1.29 is 0 Å². The van der Waals surface area contributed by atoms with Crippen molar-refractivity contribution in [3.05, 3.63) is 64.6 Å². The lowest BCUT2D eigenvalue weighted by Crippen LogP contribution is -2.38. The van der Waals surface area contributed by atoms with Gasteiger partial charge in [-0.05, 0) is 57.1 Å². The fourth-order valence-corrected chi connectivity index (χ4v) is 6.45. The van der Waals surface area contributed by atoms with E-state index in [0.717, 1.165) is 25.3 Å². The van der Waals surface area contributed by atoms with Crippen molar-refractivity contribution >= 4 is 22.7 Å². The van der Waals surface area contributed by atoms with Gasteiger partial charge in [0.25, 0.3) is 0 Å². The molecular formula is C22H25N3S. The Balaban J connectivity index is 1.72. The molecule has 2 atom stereocenters. The van der Waals surface area contributed by atoms with Gasteiger partial charge in [-0.15, -0.1) is 11.8 Å². The summed E-state index contributed by atoms with van der Waals surface area (Å²) in [6, 6.07) is 11.4. The third kappa shape index (κ3) is 2.35. The van der Waals surface area contributed by atoms with E-state index in [9.17, 15) is 0 Å². The Kier molecular flexibility index (Phi) is 3.54. The van der Waals surface area contributed by atoms with E-state index in [1.54, 1.807) is 11.3 Å². The van der Waals surface area contributed by atoms with Crippen LogP contribution in [0.25, 0.3) is 10.9 Å². The third-order valence-electron chi connectivity index (χ3n) is 5.96. The number of aryl methyl sites for hydroxylation is 2. The summed E-state index contributed by atoms with van der Waals surface area (Å²) in [5.74, 6) is 0. The molecule has 2 unspecified atom stereocenters. The lowest BCUT2D eigenvalue weighted by atomic mass is 10.00. The summed E-state index contributed by atoms with van der Waals surface area (Å²) in [4.78, 5) is 7.06. The maximum absolute atomic E-state index is 4.58. The average molecular weight is 364 g/mol. The molecule has 5 rings (SSSR count). The largest absolute Gasteiger partial charge is 0.341 e. The van der Waals surface area contributed by atoms with E-state index in [-0.39, 0.29) is 4.75 Å². The van der Waals surface area contributed by atoms with Crippen LogP contribution in [0.3, 0.4) is 0 Å². The number of pyridine rings is 1. The van der Waals surface area contributed by atoms with Gasteiger partial charge in [0.2, 0.25) is 0 Å². The highest BCUT2D eigenvalue weighted by molar-refractivity contribution is 8.00. The molecular weight excluding hydrogens is 338 g/mol. The summed E-state index contributed by atoms with van der Waals surface area (Å²) >= 11 is 2.12. The van der Waals surface area contributed by atoms with Crippen LogP contribution in [0.15, 0.2) is 36.5 Å². The lowest BCUT2D eigenvalue weighted by Gasteiger charge is -2.43. The second kappa shape index (κ2) is 5.61. The number of likely N-dealkylation sites (N-methyl/N-ethyl adjacent to an activating group) is 1. The highest BCUT2D eigenvalue weighted by atomic mass is 32.2. The highest BCUT2D eigenvalue weighted by Crippen LogP contribution is 2.54. The first-order chi connectivity index (χ1) is 12.4. The summed E-state index contributed by atoms with van der Waals surface area (Å²) in [5, 5.41) is 1.96. The molecule has 26 heavy (non-hydrogen) atoms. The number of hydrogen-bond acceptors (Lipinski definition) is 3. The van der Waals surface area contributed by atoms with E-state index in [0.29, 0.717) is 5.25 Å². The summed E-state index contributed by atoms with van der Waals surface area (Å²) < 4.78 is 2.66. The first-order valence-electron chi connectivity index (χ1n) is 9.36. The number of benzene rings is 1. The van der Waals surface area contributed by atoms with Gasteiger partial charge in [-0.1, -0.05) is 17.7 Å². The number of rotatable bonds is 1. The van der Waals surface area contributed by atoms with Crippen molar-refractivity contribution in [2.24, 2.45) is 0 Å². The molecule has 134 valence electrons. The van der Waals surface area contributed by atoms with Crippen molar-refractivity contribution in [3.63, 3.8) is 0 Å². The molecule has 2 aliphatic heterocycles. The van der Waals surface area contributed by atoms with E-state index >= 15 is 0 Å². The molecule has 3 nitrogen and oxygen atoms in total. The monoisotopic (exact) mass is 363 g/mol. The number of thioether (sulfide) groups is 1. The number of fused-ring (bicyclic) bond motifs is 3. The van der Waals surface area contributed by atoms with Crippen LogP contribution in [-0.4, -0.2) is 28.0 Å². The Morgan fingerprint density at radius 3 is 2.81 bits per heavy atom. The standard InChI is InChI=1S/C22H25N3S/c1-14-5-8-19-17(9-14)18-11-24(4)12-20-21(18)25(19)13-22(3,26-20)16-7-6-15(2)23-10-16/h5-10,20H,11-13H2,1-4H3. The Hall–Kier alpha value is -1.78. The lowest BCUT2D eigenvalue weighted by molar-refractivity contribution is 0.299. The molecule has 1 aromatic carbocycles.